The Balaban J connectivity index is 1.88. The molecule has 1 aliphatic rings. The summed E-state index contributed by atoms with van der Waals surface area (Å²) in [5, 5.41) is 1.17. The van der Waals surface area contributed by atoms with E-state index in [2.05, 4.69) is 22.1 Å². The Morgan fingerprint density at radius 1 is 1.26 bits per heavy atom. The molecule has 1 aromatic carbocycles. The third-order valence-electron chi connectivity index (χ3n) is 3.10. The fourth-order valence-corrected chi connectivity index (χ4v) is 2.19. The summed E-state index contributed by atoms with van der Waals surface area (Å²) in [5.74, 6) is 0.689. The SMILES string of the molecule is FCCOc1ccc(-c2cc3c([nH]2)=NCCC=3)cc1. The zero-order valence-corrected chi connectivity index (χ0v) is 10.5. The van der Waals surface area contributed by atoms with Gasteiger partial charge in [0.25, 0.3) is 0 Å². The highest BCUT2D eigenvalue weighted by Gasteiger charge is 2.04. The van der Waals surface area contributed by atoms with Gasteiger partial charge in [-0.2, -0.15) is 0 Å². The van der Waals surface area contributed by atoms with E-state index in [1.54, 1.807) is 0 Å². The van der Waals surface area contributed by atoms with Gasteiger partial charge in [-0.05, 0) is 42.3 Å². The molecule has 0 saturated carbocycles. The Hall–Kier alpha value is -2.10. The zero-order chi connectivity index (χ0) is 13.1. The monoisotopic (exact) mass is 258 g/mol. The number of alkyl halides is 1. The van der Waals surface area contributed by atoms with E-state index in [1.165, 1.54) is 5.22 Å². The highest BCUT2D eigenvalue weighted by Crippen LogP contribution is 2.19. The molecule has 0 fully saturated rings. The molecule has 3 nitrogen and oxygen atoms in total. The number of hydrogen-bond acceptors (Lipinski definition) is 2. The number of fused-ring (bicyclic) bond motifs is 1. The van der Waals surface area contributed by atoms with Crippen LogP contribution in [0.5, 0.6) is 5.75 Å². The van der Waals surface area contributed by atoms with E-state index in [-0.39, 0.29) is 6.61 Å². The minimum atomic E-state index is -0.470. The van der Waals surface area contributed by atoms with Gasteiger partial charge in [0.05, 0.1) is 0 Å². The van der Waals surface area contributed by atoms with Crippen molar-refractivity contribution < 1.29 is 9.13 Å². The van der Waals surface area contributed by atoms with Crippen LogP contribution in [-0.2, 0) is 0 Å². The summed E-state index contributed by atoms with van der Waals surface area (Å²) in [6.45, 7) is 0.482. The normalized spacial score (nSPS) is 13.3. The minimum Gasteiger partial charge on any atom is -0.491 e. The van der Waals surface area contributed by atoms with Crippen molar-refractivity contribution in [3.05, 3.63) is 41.0 Å². The van der Waals surface area contributed by atoms with Crippen LogP contribution in [-0.4, -0.2) is 24.8 Å². The molecule has 2 heterocycles. The van der Waals surface area contributed by atoms with Gasteiger partial charge >= 0.3 is 0 Å². The third-order valence-corrected chi connectivity index (χ3v) is 3.10. The van der Waals surface area contributed by atoms with Crippen LogP contribution in [0.4, 0.5) is 4.39 Å². The van der Waals surface area contributed by atoms with Crippen molar-refractivity contribution >= 4 is 6.08 Å². The van der Waals surface area contributed by atoms with Gasteiger partial charge in [-0.1, -0.05) is 6.08 Å². The van der Waals surface area contributed by atoms with Crippen molar-refractivity contribution in [1.82, 2.24) is 4.98 Å². The van der Waals surface area contributed by atoms with E-state index < -0.39 is 6.67 Å². The van der Waals surface area contributed by atoms with E-state index in [4.69, 9.17) is 4.74 Å². The van der Waals surface area contributed by atoms with E-state index in [0.717, 1.165) is 29.7 Å². The summed E-state index contributed by atoms with van der Waals surface area (Å²) >= 11 is 0. The molecule has 1 N–H and O–H groups in total. The molecule has 1 aliphatic heterocycles. The summed E-state index contributed by atoms with van der Waals surface area (Å²) < 4.78 is 17.2. The molecule has 0 atom stereocenters. The number of aromatic nitrogens is 1. The van der Waals surface area contributed by atoms with Crippen molar-refractivity contribution in [2.75, 3.05) is 19.8 Å². The van der Waals surface area contributed by atoms with Gasteiger partial charge in [-0.15, -0.1) is 0 Å². The second-order valence-corrected chi connectivity index (χ2v) is 4.42. The topological polar surface area (TPSA) is 37.4 Å². The molecule has 2 aromatic rings. The molecule has 0 saturated heterocycles. The highest BCUT2D eigenvalue weighted by atomic mass is 19.1. The van der Waals surface area contributed by atoms with Crippen molar-refractivity contribution in [2.24, 2.45) is 4.99 Å². The molecule has 0 unspecified atom stereocenters. The van der Waals surface area contributed by atoms with E-state index in [0.29, 0.717) is 5.75 Å². The van der Waals surface area contributed by atoms with E-state index in [9.17, 15) is 4.39 Å². The van der Waals surface area contributed by atoms with Gasteiger partial charge in [0.15, 0.2) is 0 Å². The molecule has 98 valence electrons. The summed E-state index contributed by atoms with van der Waals surface area (Å²) in [5.41, 5.74) is 3.08. The molecular weight excluding hydrogens is 243 g/mol. The predicted octanol–water partition coefficient (Wildman–Crippen LogP) is 1.83. The molecular formula is C15H15FN2O. The first-order valence-corrected chi connectivity index (χ1v) is 6.40. The van der Waals surface area contributed by atoms with Crippen LogP contribution < -0.4 is 15.4 Å². The van der Waals surface area contributed by atoms with Crippen LogP contribution in [0.2, 0.25) is 0 Å². The number of H-pyrrole nitrogens is 1. The largest absolute Gasteiger partial charge is 0.491 e. The van der Waals surface area contributed by atoms with Crippen molar-refractivity contribution in [1.29, 1.82) is 0 Å². The van der Waals surface area contributed by atoms with Crippen LogP contribution in [0.3, 0.4) is 0 Å². The van der Waals surface area contributed by atoms with Crippen LogP contribution in [0, 0.1) is 0 Å². The summed E-state index contributed by atoms with van der Waals surface area (Å²) in [4.78, 5) is 7.76. The number of hydrogen-bond donors (Lipinski definition) is 1. The highest BCUT2D eigenvalue weighted by molar-refractivity contribution is 5.60. The Morgan fingerprint density at radius 2 is 2.11 bits per heavy atom. The standard InChI is InChI=1S/C15H15FN2O/c16-7-9-19-13-5-3-11(4-6-13)14-10-12-2-1-8-17-15(12)18-14/h2-6,10H,1,7-9H2,(H,17,18). The van der Waals surface area contributed by atoms with Gasteiger partial charge in [0.2, 0.25) is 0 Å². The van der Waals surface area contributed by atoms with Gasteiger partial charge in [0.1, 0.15) is 24.5 Å². The Morgan fingerprint density at radius 3 is 2.84 bits per heavy atom. The maximum Gasteiger partial charge on any atom is 0.132 e. The Labute approximate surface area is 110 Å². The lowest BCUT2D eigenvalue weighted by Gasteiger charge is -2.04. The van der Waals surface area contributed by atoms with Crippen LogP contribution in [0.15, 0.2) is 35.3 Å². The molecule has 3 rings (SSSR count). The molecule has 0 bridgehead atoms. The van der Waals surface area contributed by atoms with E-state index >= 15 is 0 Å². The molecule has 1 aromatic heterocycles. The molecule has 0 spiro atoms. The number of rotatable bonds is 4. The van der Waals surface area contributed by atoms with Crippen LogP contribution >= 0.6 is 0 Å². The lowest BCUT2D eigenvalue weighted by atomic mass is 10.1. The van der Waals surface area contributed by atoms with Gasteiger partial charge in [-0.3, -0.25) is 4.99 Å². The summed E-state index contributed by atoms with van der Waals surface area (Å²) in [7, 11) is 0. The first-order valence-electron chi connectivity index (χ1n) is 6.40. The average Bonchev–Trinajstić information content (AvgIpc) is 2.89. The van der Waals surface area contributed by atoms with Crippen molar-refractivity contribution in [3.8, 4) is 17.0 Å². The van der Waals surface area contributed by atoms with Gasteiger partial charge in [0, 0.05) is 17.5 Å². The van der Waals surface area contributed by atoms with Crippen LogP contribution in [0.25, 0.3) is 17.3 Å². The average molecular weight is 258 g/mol. The number of nitrogens with zero attached hydrogens (tertiary/aromatic N) is 1. The lowest BCUT2D eigenvalue weighted by Crippen LogP contribution is -2.25. The Kier molecular flexibility index (Phi) is 3.31. The number of aromatic amines is 1. The molecule has 0 aliphatic carbocycles. The summed E-state index contributed by atoms with van der Waals surface area (Å²) in [6.07, 6.45) is 3.20. The maximum atomic E-state index is 12.0. The maximum absolute atomic E-state index is 12.0. The van der Waals surface area contributed by atoms with Gasteiger partial charge in [-0.25, -0.2) is 4.39 Å². The second kappa shape index (κ2) is 5.26. The number of halogens is 1. The lowest BCUT2D eigenvalue weighted by molar-refractivity contribution is 0.273. The second-order valence-electron chi connectivity index (χ2n) is 4.42. The zero-order valence-electron chi connectivity index (χ0n) is 10.5. The smallest absolute Gasteiger partial charge is 0.132 e. The van der Waals surface area contributed by atoms with Crippen molar-refractivity contribution in [2.45, 2.75) is 6.42 Å². The summed E-state index contributed by atoms with van der Waals surface area (Å²) in [6, 6.07) is 9.74. The fourth-order valence-electron chi connectivity index (χ4n) is 2.19. The van der Waals surface area contributed by atoms with E-state index in [1.807, 2.05) is 24.3 Å². The number of ether oxygens (including phenoxy) is 1. The Bertz CT molecular complexity index is 640. The molecule has 19 heavy (non-hydrogen) atoms. The first kappa shape index (κ1) is 12.0. The predicted molar refractivity (Wildman–Crippen MR) is 72.4 cm³/mol. The number of benzene rings is 1. The molecule has 0 amide bonds. The number of nitrogens with one attached hydrogen (secondary N) is 1. The van der Waals surface area contributed by atoms with Gasteiger partial charge < -0.3 is 9.72 Å². The minimum absolute atomic E-state index is 0.101. The fraction of sp³-hybridized carbons (Fsp3) is 0.267. The van der Waals surface area contributed by atoms with Crippen molar-refractivity contribution in [3.63, 3.8) is 0 Å². The quantitative estimate of drug-likeness (QED) is 0.892. The first-order chi connectivity index (χ1) is 9.36. The van der Waals surface area contributed by atoms with Crippen LogP contribution in [0.1, 0.15) is 6.42 Å². The molecule has 4 heteroatoms. The molecule has 0 radical (unpaired) electrons. The third kappa shape index (κ3) is 2.52.